The maximum absolute atomic E-state index is 14.5. The Kier molecular flexibility index (Phi) is 3.33. The van der Waals surface area contributed by atoms with E-state index in [9.17, 15) is 9.50 Å². The third-order valence-electron chi connectivity index (χ3n) is 5.59. The molecule has 1 aromatic carbocycles. The molecule has 5 unspecified atom stereocenters. The van der Waals surface area contributed by atoms with E-state index in [0.717, 1.165) is 18.7 Å². The van der Waals surface area contributed by atoms with Crippen LogP contribution in [0.2, 0.25) is 0 Å². The van der Waals surface area contributed by atoms with Crippen LogP contribution in [0.1, 0.15) is 36.2 Å². The van der Waals surface area contributed by atoms with Crippen molar-refractivity contribution in [2.75, 3.05) is 5.73 Å². The number of hydrogen-bond donors (Lipinski definition) is 3. The zero-order valence-electron chi connectivity index (χ0n) is 13.3. The highest BCUT2D eigenvalue weighted by Crippen LogP contribution is 2.52. The van der Waals surface area contributed by atoms with E-state index in [4.69, 9.17) is 5.73 Å². The third kappa shape index (κ3) is 2.27. The van der Waals surface area contributed by atoms with Gasteiger partial charge in [-0.1, -0.05) is 24.1 Å². The quantitative estimate of drug-likeness (QED) is 0.678. The second kappa shape index (κ2) is 5.47. The zero-order valence-corrected chi connectivity index (χ0v) is 14.2. The van der Waals surface area contributed by atoms with Crippen LogP contribution in [0.15, 0.2) is 24.3 Å². The van der Waals surface area contributed by atoms with Crippen molar-refractivity contribution in [3.8, 4) is 5.75 Å². The van der Waals surface area contributed by atoms with Gasteiger partial charge in [0.25, 0.3) is 0 Å². The fourth-order valence-electron chi connectivity index (χ4n) is 4.56. The first-order valence-corrected chi connectivity index (χ1v) is 9.29. The van der Waals surface area contributed by atoms with E-state index < -0.39 is 0 Å². The molecular formula is C17H18FN5OS. The SMILES string of the molecule is Nc1nc2n(n1)C1CCC(c3ccc(O)cc3F)C3NSC(C=C2)C31. The minimum Gasteiger partial charge on any atom is -0.508 e. The summed E-state index contributed by atoms with van der Waals surface area (Å²) in [5, 5.41) is 14.2. The number of phenolic OH excluding ortho intramolecular Hbond substituents is 1. The number of aromatic hydroxyl groups is 1. The van der Waals surface area contributed by atoms with Crippen LogP contribution in [0.4, 0.5) is 10.3 Å². The molecular weight excluding hydrogens is 341 g/mol. The highest BCUT2D eigenvalue weighted by Gasteiger charge is 2.50. The largest absolute Gasteiger partial charge is 0.508 e. The summed E-state index contributed by atoms with van der Waals surface area (Å²) in [5.41, 5.74) is 6.47. The summed E-state index contributed by atoms with van der Waals surface area (Å²) in [7, 11) is 0. The molecule has 5 atom stereocenters. The van der Waals surface area contributed by atoms with Gasteiger partial charge >= 0.3 is 0 Å². The molecule has 2 aliphatic heterocycles. The van der Waals surface area contributed by atoms with E-state index in [1.165, 1.54) is 6.07 Å². The van der Waals surface area contributed by atoms with Gasteiger partial charge in [0.15, 0.2) is 5.82 Å². The monoisotopic (exact) mass is 359 g/mol. The van der Waals surface area contributed by atoms with Crippen LogP contribution in [0, 0.1) is 11.7 Å². The van der Waals surface area contributed by atoms with E-state index in [-0.39, 0.29) is 35.5 Å². The van der Waals surface area contributed by atoms with Crippen LogP contribution >= 0.6 is 11.9 Å². The molecule has 0 spiro atoms. The first-order valence-electron chi connectivity index (χ1n) is 8.41. The average molecular weight is 359 g/mol. The fraction of sp³-hybridized carbons (Fsp3) is 0.412. The molecule has 3 aliphatic rings. The second-order valence-corrected chi connectivity index (χ2v) is 7.91. The maximum atomic E-state index is 14.5. The first kappa shape index (κ1) is 15.2. The number of fused-ring (bicyclic) bond motifs is 2. The molecule has 0 bridgehead atoms. The van der Waals surface area contributed by atoms with E-state index in [1.54, 1.807) is 24.1 Å². The molecule has 0 radical (unpaired) electrons. The van der Waals surface area contributed by atoms with Gasteiger partial charge in [-0.05, 0) is 30.5 Å². The van der Waals surface area contributed by atoms with Crippen molar-refractivity contribution in [3.63, 3.8) is 0 Å². The lowest BCUT2D eigenvalue weighted by Crippen LogP contribution is -2.43. The molecule has 6 nitrogen and oxygen atoms in total. The van der Waals surface area contributed by atoms with Gasteiger partial charge in [0, 0.05) is 29.2 Å². The summed E-state index contributed by atoms with van der Waals surface area (Å²) in [4.78, 5) is 4.31. The molecule has 2 fully saturated rings. The molecule has 4 N–H and O–H groups in total. The van der Waals surface area contributed by atoms with Gasteiger partial charge in [-0.15, -0.1) is 5.10 Å². The van der Waals surface area contributed by atoms with E-state index >= 15 is 0 Å². The Bertz CT molecular complexity index is 869. The van der Waals surface area contributed by atoms with Gasteiger partial charge in [-0.2, -0.15) is 4.98 Å². The molecule has 1 aliphatic carbocycles. The lowest BCUT2D eigenvalue weighted by Gasteiger charge is -2.40. The number of hydrogen-bond acceptors (Lipinski definition) is 6. The van der Waals surface area contributed by atoms with Gasteiger partial charge in [-0.3, -0.25) is 4.72 Å². The van der Waals surface area contributed by atoms with Crippen molar-refractivity contribution >= 4 is 24.0 Å². The van der Waals surface area contributed by atoms with E-state index in [2.05, 4.69) is 20.9 Å². The number of nitrogens with two attached hydrogens (primary N) is 1. The Hall–Kier alpha value is -2.06. The molecule has 1 aromatic heterocycles. The number of nitrogens with zero attached hydrogens (tertiary/aromatic N) is 3. The molecule has 1 saturated heterocycles. The lowest BCUT2D eigenvalue weighted by atomic mass is 9.70. The molecule has 2 aromatic rings. The summed E-state index contributed by atoms with van der Waals surface area (Å²) in [6.45, 7) is 0. The van der Waals surface area contributed by atoms with Gasteiger partial charge in [-0.25, -0.2) is 9.07 Å². The number of benzene rings is 1. The number of nitrogens with one attached hydrogen (secondary N) is 1. The predicted octanol–water partition coefficient (Wildman–Crippen LogP) is 2.46. The van der Waals surface area contributed by atoms with Crippen molar-refractivity contribution in [2.45, 2.75) is 36.1 Å². The number of nitrogen functional groups attached to an aromatic ring is 1. The third-order valence-corrected chi connectivity index (χ3v) is 6.74. The van der Waals surface area contributed by atoms with Crippen LogP contribution in [-0.4, -0.2) is 31.2 Å². The Labute approximate surface area is 148 Å². The Morgan fingerprint density at radius 1 is 1.36 bits per heavy atom. The van der Waals surface area contributed by atoms with Crippen molar-refractivity contribution < 1.29 is 9.50 Å². The summed E-state index contributed by atoms with van der Waals surface area (Å²) in [6.07, 6.45) is 5.87. The lowest BCUT2D eigenvalue weighted by molar-refractivity contribution is 0.181. The van der Waals surface area contributed by atoms with Crippen molar-refractivity contribution in [1.82, 2.24) is 19.5 Å². The van der Waals surface area contributed by atoms with Gasteiger partial charge in [0.1, 0.15) is 11.6 Å². The summed E-state index contributed by atoms with van der Waals surface area (Å²) in [5.74, 6) is 1.06. The minimum absolute atomic E-state index is 0.0401. The highest BCUT2D eigenvalue weighted by atomic mass is 32.2. The topological polar surface area (TPSA) is 89.0 Å². The van der Waals surface area contributed by atoms with Gasteiger partial charge in [0.2, 0.25) is 5.95 Å². The van der Waals surface area contributed by atoms with E-state index in [0.29, 0.717) is 16.8 Å². The second-order valence-electron chi connectivity index (χ2n) is 6.89. The number of halogens is 1. The average Bonchev–Trinajstić information content (AvgIpc) is 3.13. The van der Waals surface area contributed by atoms with Crippen LogP contribution in [-0.2, 0) is 0 Å². The summed E-state index contributed by atoms with van der Waals surface area (Å²) >= 11 is 1.69. The number of anilines is 1. The molecule has 5 rings (SSSR count). The Morgan fingerprint density at radius 3 is 3.08 bits per heavy atom. The van der Waals surface area contributed by atoms with Crippen LogP contribution < -0.4 is 10.5 Å². The summed E-state index contributed by atoms with van der Waals surface area (Å²) < 4.78 is 19.9. The van der Waals surface area contributed by atoms with Crippen LogP contribution in [0.3, 0.4) is 0 Å². The van der Waals surface area contributed by atoms with Crippen LogP contribution in [0.25, 0.3) is 6.08 Å². The van der Waals surface area contributed by atoms with Crippen molar-refractivity contribution in [3.05, 3.63) is 41.5 Å². The molecule has 130 valence electrons. The van der Waals surface area contributed by atoms with Crippen molar-refractivity contribution in [2.24, 2.45) is 5.92 Å². The standard InChI is InChI=1S/C17H18FN5OS/c18-11-7-8(24)1-2-9(11)10-3-4-12-15-13(25-22-16(10)15)5-6-14-20-17(19)21-23(12)14/h1-2,5-7,10,12-13,15-16,22,24H,3-4H2,(H2,19,21). The van der Waals surface area contributed by atoms with Crippen LogP contribution in [0.5, 0.6) is 5.75 Å². The molecule has 3 heterocycles. The molecule has 8 heteroatoms. The van der Waals surface area contributed by atoms with Gasteiger partial charge < -0.3 is 10.8 Å². The number of phenols is 1. The highest BCUT2D eigenvalue weighted by molar-refractivity contribution is 7.98. The number of aromatic nitrogens is 3. The fourth-order valence-corrected chi connectivity index (χ4v) is 5.86. The van der Waals surface area contributed by atoms with Gasteiger partial charge in [0.05, 0.1) is 6.04 Å². The minimum atomic E-state index is -0.339. The van der Waals surface area contributed by atoms with Crippen molar-refractivity contribution in [1.29, 1.82) is 0 Å². The number of rotatable bonds is 1. The predicted molar refractivity (Wildman–Crippen MR) is 94.3 cm³/mol. The first-order chi connectivity index (χ1) is 12.1. The molecule has 1 saturated carbocycles. The summed E-state index contributed by atoms with van der Waals surface area (Å²) in [6, 6.07) is 4.80. The molecule has 25 heavy (non-hydrogen) atoms. The van der Waals surface area contributed by atoms with E-state index in [1.807, 2.05) is 10.8 Å². The molecule has 0 amide bonds. The normalized spacial score (nSPS) is 32.9. The maximum Gasteiger partial charge on any atom is 0.240 e. The Morgan fingerprint density at radius 2 is 2.24 bits per heavy atom. The smallest absolute Gasteiger partial charge is 0.240 e. The Balaban J connectivity index is 1.55. The zero-order chi connectivity index (χ0) is 17.1.